The lowest BCUT2D eigenvalue weighted by Crippen LogP contribution is -2.51. The van der Waals surface area contributed by atoms with E-state index in [4.69, 9.17) is 0 Å². The summed E-state index contributed by atoms with van der Waals surface area (Å²) < 4.78 is 0. The molecule has 0 aliphatic carbocycles. The number of nitrogens with one attached hydrogen (secondary N) is 1. The summed E-state index contributed by atoms with van der Waals surface area (Å²) >= 11 is 0. The molecule has 0 bridgehead atoms. The molecule has 2 N–H and O–H groups in total. The van der Waals surface area contributed by atoms with Crippen LogP contribution in [0.2, 0.25) is 0 Å². The molecule has 118 valence electrons. The third kappa shape index (κ3) is 4.72. The van der Waals surface area contributed by atoms with Crippen molar-refractivity contribution in [2.45, 2.75) is 64.3 Å². The second-order valence-electron chi connectivity index (χ2n) is 6.20. The van der Waals surface area contributed by atoms with Gasteiger partial charge in [0.1, 0.15) is 0 Å². The predicted molar refractivity (Wildman–Crippen MR) is 81.6 cm³/mol. The molecule has 1 amide bonds. The van der Waals surface area contributed by atoms with Gasteiger partial charge in [-0.15, -0.1) is 0 Å². The van der Waals surface area contributed by atoms with Crippen molar-refractivity contribution in [1.82, 2.24) is 15.1 Å². The Morgan fingerprint density at radius 2 is 2.00 bits per heavy atom. The van der Waals surface area contributed by atoms with Gasteiger partial charge in [-0.3, -0.25) is 9.69 Å². The molecular weight excluding hydrogens is 254 g/mol. The van der Waals surface area contributed by atoms with Gasteiger partial charge in [-0.05, 0) is 40.3 Å². The third-order valence-corrected chi connectivity index (χ3v) is 4.22. The number of carbonyl (C=O) groups excluding carboxylic acids is 1. The van der Waals surface area contributed by atoms with E-state index in [0.717, 1.165) is 25.8 Å². The number of nitrogens with zero attached hydrogens (tertiary/aromatic N) is 2. The summed E-state index contributed by atoms with van der Waals surface area (Å²) in [5, 5.41) is 13.0. The van der Waals surface area contributed by atoms with Gasteiger partial charge in [-0.2, -0.15) is 0 Å². The van der Waals surface area contributed by atoms with Crippen molar-refractivity contribution in [2.24, 2.45) is 0 Å². The number of amides is 1. The molecule has 1 heterocycles. The molecule has 5 nitrogen and oxygen atoms in total. The maximum absolute atomic E-state index is 12.3. The summed E-state index contributed by atoms with van der Waals surface area (Å²) in [6.45, 7) is 7.59. The number of likely N-dealkylation sites (tertiary alicyclic amines) is 1. The standard InChI is InChI=1S/C15H31N3O2/c1-6-12(7-2)16-15(20)11(3)18-10-14(19)8-13(18)9-17(4)5/h11-14,19H,6-10H2,1-5H3,(H,16,20). The molecule has 0 saturated carbocycles. The molecular formula is C15H31N3O2. The Hall–Kier alpha value is -0.650. The molecule has 1 aliphatic heterocycles. The molecule has 0 radical (unpaired) electrons. The van der Waals surface area contributed by atoms with Gasteiger partial charge in [0.15, 0.2) is 0 Å². The van der Waals surface area contributed by atoms with E-state index in [-0.39, 0.29) is 30.1 Å². The maximum atomic E-state index is 12.3. The fraction of sp³-hybridized carbons (Fsp3) is 0.933. The normalized spacial score (nSPS) is 25.4. The number of aliphatic hydroxyl groups is 1. The van der Waals surface area contributed by atoms with Crippen LogP contribution in [0.1, 0.15) is 40.0 Å². The van der Waals surface area contributed by atoms with Gasteiger partial charge >= 0.3 is 0 Å². The minimum atomic E-state index is -0.316. The highest BCUT2D eigenvalue weighted by Crippen LogP contribution is 2.21. The Bertz CT molecular complexity index is 305. The van der Waals surface area contributed by atoms with E-state index in [2.05, 4.69) is 29.0 Å². The molecule has 0 aromatic rings. The average Bonchev–Trinajstić information content (AvgIpc) is 2.74. The molecule has 1 fully saturated rings. The van der Waals surface area contributed by atoms with Crippen LogP contribution in [-0.4, -0.2) is 72.2 Å². The molecule has 1 rings (SSSR count). The Labute approximate surface area is 123 Å². The lowest BCUT2D eigenvalue weighted by Gasteiger charge is -2.32. The van der Waals surface area contributed by atoms with E-state index in [1.165, 1.54) is 0 Å². The van der Waals surface area contributed by atoms with E-state index in [9.17, 15) is 9.90 Å². The first kappa shape index (κ1) is 17.4. The number of β-amino-alcohol motifs (C(OH)–C–C–N with tert-alkyl or cyclic N) is 1. The number of likely N-dealkylation sites (N-methyl/N-ethyl adjacent to an activating group) is 1. The maximum Gasteiger partial charge on any atom is 0.237 e. The molecule has 0 aromatic heterocycles. The van der Waals surface area contributed by atoms with E-state index in [0.29, 0.717) is 6.54 Å². The summed E-state index contributed by atoms with van der Waals surface area (Å²) in [4.78, 5) is 16.6. The largest absolute Gasteiger partial charge is 0.392 e. The van der Waals surface area contributed by atoms with Crippen LogP contribution >= 0.6 is 0 Å². The van der Waals surface area contributed by atoms with Crippen LogP contribution in [0.3, 0.4) is 0 Å². The van der Waals surface area contributed by atoms with Crippen LogP contribution in [0.5, 0.6) is 0 Å². The second kappa shape index (κ2) is 7.96. The fourth-order valence-electron chi connectivity index (χ4n) is 2.96. The molecule has 0 spiro atoms. The summed E-state index contributed by atoms with van der Waals surface area (Å²) in [6, 6.07) is 0.324. The van der Waals surface area contributed by atoms with Gasteiger partial charge in [-0.25, -0.2) is 0 Å². The lowest BCUT2D eigenvalue weighted by molar-refractivity contribution is -0.127. The van der Waals surface area contributed by atoms with Crippen molar-refractivity contribution in [3.05, 3.63) is 0 Å². The first-order valence-corrected chi connectivity index (χ1v) is 7.77. The van der Waals surface area contributed by atoms with E-state index in [1.807, 2.05) is 21.0 Å². The van der Waals surface area contributed by atoms with Crippen molar-refractivity contribution >= 4 is 5.91 Å². The molecule has 0 aromatic carbocycles. The van der Waals surface area contributed by atoms with Crippen molar-refractivity contribution in [3.63, 3.8) is 0 Å². The number of aliphatic hydroxyl groups excluding tert-OH is 1. The summed E-state index contributed by atoms with van der Waals surface area (Å²) in [5.74, 6) is 0.0801. The van der Waals surface area contributed by atoms with E-state index >= 15 is 0 Å². The van der Waals surface area contributed by atoms with Crippen LogP contribution in [-0.2, 0) is 4.79 Å². The Balaban J connectivity index is 2.63. The van der Waals surface area contributed by atoms with Gasteiger partial charge in [-0.1, -0.05) is 13.8 Å². The quantitative estimate of drug-likeness (QED) is 0.722. The number of hydrogen-bond donors (Lipinski definition) is 2. The van der Waals surface area contributed by atoms with Crippen LogP contribution in [0.15, 0.2) is 0 Å². The zero-order valence-corrected chi connectivity index (χ0v) is 13.6. The van der Waals surface area contributed by atoms with Crippen LogP contribution in [0, 0.1) is 0 Å². The number of hydrogen-bond acceptors (Lipinski definition) is 4. The highest BCUT2D eigenvalue weighted by molar-refractivity contribution is 5.81. The van der Waals surface area contributed by atoms with Crippen molar-refractivity contribution in [3.8, 4) is 0 Å². The van der Waals surface area contributed by atoms with Crippen molar-refractivity contribution in [1.29, 1.82) is 0 Å². The molecule has 1 saturated heterocycles. The molecule has 5 heteroatoms. The van der Waals surface area contributed by atoms with Crippen LogP contribution < -0.4 is 5.32 Å². The Morgan fingerprint density at radius 3 is 2.50 bits per heavy atom. The van der Waals surface area contributed by atoms with Gasteiger partial charge in [0.05, 0.1) is 12.1 Å². The third-order valence-electron chi connectivity index (χ3n) is 4.22. The average molecular weight is 285 g/mol. The van der Waals surface area contributed by atoms with Gasteiger partial charge < -0.3 is 15.3 Å². The Kier molecular flexibility index (Phi) is 6.92. The van der Waals surface area contributed by atoms with E-state index in [1.54, 1.807) is 0 Å². The van der Waals surface area contributed by atoms with Crippen LogP contribution in [0.4, 0.5) is 0 Å². The fourth-order valence-corrected chi connectivity index (χ4v) is 2.96. The van der Waals surface area contributed by atoms with Crippen LogP contribution in [0.25, 0.3) is 0 Å². The first-order chi connectivity index (χ1) is 9.38. The zero-order chi connectivity index (χ0) is 15.3. The summed E-state index contributed by atoms with van der Waals surface area (Å²) in [5.41, 5.74) is 0. The van der Waals surface area contributed by atoms with Gasteiger partial charge in [0, 0.05) is 25.2 Å². The molecule has 1 aliphatic rings. The van der Waals surface area contributed by atoms with Gasteiger partial charge in [0.2, 0.25) is 5.91 Å². The topological polar surface area (TPSA) is 55.8 Å². The second-order valence-corrected chi connectivity index (χ2v) is 6.20. The van der Waals surface area contributed by atoms with Crippen molar-refractivity contribution < 1.29 is 9.90 Å². The van der Waals surface area contributed by atoms with Gasteiger partial charge in [0.25, 0.3) is 0 Å². The van der Waals surface area contributed by atoms with Crippen molar-refractivity contribution in [2.75, 3.05) is 27.2 Å². The summed E-state index contributed by atoms with van der Waals surface area (Å²) in [7, 11) is 4.05. The highest BCUT2D eigenvalue weighted by atomic mass is 16.3. The minimum absolute atomic E-state index is 0.0801. The molecule has 3 atom stereocenters. The molecule has 3 unspecified atom stereocenters. The number of carbonyl (C=O) groups is 1. The number of rotatable bonds is 7. The summed E-state index contributed by atoms with van der Waals surface area (Å²) in [6.07, 6.45) is 2.35. The smallest absolute Gasteiger partial charge is 0.237 e. The lowest BCUT2D eigenvalue weighted by atomic mass is 10.1. The SMILES string of the molecule is CCC(CC)NC(=O)C(C)N1CC(O)CC1CN(C)C. The minimum Gasteiger partial charge on any atom is -0.392 e. The monoisotopic (exact) mass is 285 g/mol. The predicted octanol–water partition coefficient (Wildman–Crippen LogP) is 0.677. The first-order valence-electron chi connectivity index (χ1n) is 7.77. The highest BCUT2D eigenvalue weighted by Gasteiger charge is 2.36. The van der Waals surface area contributed by atoms with E-state index < -0.39 is 0 Å². The Morgan fingerprint density at radius 1 is 1.40 bits per heavy atom. The zero-order valence-electron chi connectivity index (χ0n) is 13.6. The molecule has 20 heavy (non-hydrogen) atoms.